The summed E-state index contributed by atoms with van der Waals surface area (Å²) in [5.41, 5.74) is 0.314. The predicted octanol–water partition coefficient (Wildman–Crippen LogP) is 2.90. The van der Waals surface area contributed by atoms with Crippen molar-refractivity contribution in [3.8, 4) is 0 Å². The Morgan fingerprint density at radius 2 is 1.58 bits per heavy atom. The third kappa shape index (κ3) is 2.88. The van der Waals surface area contributed by atoms with E-state index < -0.39 is 17.7 Å². The first-order chi connectivity index (χ1) is 12.5. The lowest BCUT2D eigenvalue weighted by Gasteiger charge is -2.05. The van der Waals surface area contributed by atoms with Crippen molar-refractivity contribution in [1.29, 1.82) is 0 Å². The maximum absolute atomic E-state index is 13.1. The van der Waals surface area contributed by atoms with Gasteiger partial charge in [0, 0.05) is 16.2 Å². The van der Waals surface area contributed by atoms with E-state index in [0.717, 1.165) is 4.47 Å². The number of benzene rings is 1. The Balaban J connectivity index is 2.36. The summed E-state index contributed by atoms with van der Waals surface area (Å²) < 4.78 is 11.6. The molecule has 2 aromatic heterocycles. The summed E-state index contributed by atoms with van der Waals surface area (Å²) in [6, 6.07) is 9.78. The van der Waals surface area contributed by atoms with Crippen LogP contribution in [0.25, 0.3) is 5.52 Å². The maximum Gasteiger partial charge on any atom is 0.341 e. The molecular weight excluding hydrogens is 404 g/mol. The second-order valence-electron chi connectivity index (χ2n) is 5.24. The van der Waals surface area contributed by atoms with Gasteiger partial charge in [-0.15, -0.1) is 0 Å². The first kappa shape index (κ1) is 17.8. The number of carbonyl (C=O) groups excluding carboxylic acids is 3. The molecule has 3 aromatic rings. The van der Waals surface area contributed by atoms with Crippen LogP contribution in [-0.4, -0.2) is 41.6 Å². The number of hydrogen-bond acceptors (Lipinski definition) is 6. The van der Waals surface area contributed by atoms with Crippen LogP contribution in [0.1, 0.15) is 36.8 Å². The van der Waals surface area contributed by atoms with Gasteiger partial charge in [-0.05, 0) is 36.4 Å². The Hall–Kier alpha value is -3.00. The van der Waals surface area contributed by atoms with Crippen molar-refractivity contribution in [2.24, 2.45) is 0 Å². The van der Waals surface area contributed by atoms with E-state index >= 15 is 0 Å². The molecule has 0 atom stereocenters. The van der Waals surface area contributed by atoms with Crippen molar-refractivity contribution in [1.82, 2.24) is 9.61 Å². The minimum atomic E-state index is -0.823. The van der Waals surface area contributed by atoms with Gasteiger partial charge in [0.15, 0.2) is 0 Å². The molecule has 0 aliphatic carbocycles. The molecule has 2 heterocycles. The van der Waals surface area contributed by atoms with Crippen LogP contribution in [0.15, 0.2) is 47.1 Å². The van der Waals surface area contributed by atoms with Crippen LogP contribution in [0.5, 0.6) is 0 Å². The minimum absolute atomic E-state index is 0.0600. The molecule has 0 saturated heterocycles. The molecule has 0 aliphatic rings. The number of rotatable bonds is 4. The van der Waals surface area contributed by atoms with Gasteiger partial charge in [-0.3, -0.25) is 4.79 Å². The van der Waals surface area contributed by atoms with Crippen molar-refractivity contribution in [3.05, 3.63) is 69.5 Å². The largest absolute Gasteiger partial charge is 0.465 e. The summed E-state index contributed by atoms with van der Waals surface area (Å²) >= 11 is 3.31. The van der Waals surface area contributed by atoms with Gasteiger partial charge in [0.1, 0.15) is 16.8 Å². The quantitative estimate of drug-likeness (QED) is 0.479. The molecule has 0 spiro atoms. The van der Waals surface area contributed by atoms with E-state index in [9.17, 15) is 14.4 Å². The number of halogens is 1. The van der Waals surface area contributed by atoms with E-state index in [1.807, 2.05) is 0 Å². The monoisotopic (exact) mass is 416 g/mol. The van der Waals surface area contributed by atoms with Crippen molar-refractivity contribution in [2.45, 2.75) is 0 Å². The van der Waals surface area contributed by atoms with E-state index in [1.54, 1.807) is 36.4 Å². The van der Waals surface area contributed by atoms with Crippen molar-refractivity contribution in [3.63, 3.8) is 0 Å². The van der Waals surface area contributed by atoms with Crippen LogP contribution in [0, 0.1) is 0 Å². The fourth-order valence-corrected chi connectivity index (χ4v) is 2.91. The average molecular weight is 417 g/mol. The first-order valence-corrected chi connectivity index (χ1v) is 8.25. The van der Waals surface area contributed by atoms with Gasteiger partial charge in [0.25, 0.3) is 0 Å². The van der Waals surface area contributed by atoms with Crippen molar-refractivity contribution in [2.75, 3.05) is 14.2 Å². The van der Waals surface area contributed by atoms with E-state index in [0.29, 0.717) is 5.56 Å². The zero-order chi connectivity index (χ0) is 18.8. The zero-order valence-corrected chi connectivity index (χ0v) is 15.4. The third-order valence-electron chi connectivity index (χ3n) is 3.81. The molecule has 0 radical (unpaired) electrons. The summed E-state index contributed by atoms with van der Waals surface area (Å²) in [5.74, 6) is -2.05. The van der Waals surface area contributed by atoms with E-state index in [4.69, 9.17) is 9.47 Å². The molecule has 0 N–H and O–H groups in total. The molecule has 0 aliphatic heterocycles. The van der Waals surface area contributed by atoms with Crippen LogP contribution >= 0.6 is 15.9 Å². The molecule has 0 saturated carbocycles. The molecule has 26 heavy (non-hydrogen) atoms. The van der Waals surface area contributed by atoms with Gasteiger partial charge in [-0.2, -0.15) is 5.10 Å². The second-order valence-corrected chi connectivity index (χ2v) is 6.15. The Morgan fingerprint density at radius 1 is 0.962 bits per heavy atom. The lowest BCUT2D eigenvalue weighted by molar-refractivity contribution is 0.0556. The Kier molecular flexibility index (Phi) is 4.85. The van der Waals surface area contributed by atoms with Gasteiger partial charge in [-0.25, -0.2) is 14.1 Å². The standard InChI is InChI=1S/C18H13BrN2O5/c1-25-17(23)13-12-4-3-9-20-21(12)15(14(13)18(24)26-2)16(22)10-5-7-11(19)8-6-10/h3-9H,1-2H3. The summed E-state index contributed by atoms with van der Waals surface area (Å²) in [6.45, 7) is 0. The molecule has 0 unspecified atom stereocenters. The zero-order valence-electron chi connectivity index (χ0n) is 13.9. The van der Waals surface area contributed by atoms with Crippen molar-refractivity contribution >= 4 is 39.2 Å². The maximum atomic E-state index is 13.1. The number of carbonyl (C=O) groups is 3. The minimum Gasteiger partial charge on any atom is -0.465 e. The van der Waals surface area contributed by atoms with Gasteiger partial charge in [0.05, 0.1) is 19.7 Å². The molecule has 3 rings (SSSR count). The number of fused-ring (bicyclic) bond motifs is 1. The van der Waals surface area contributed by atoms with Gasteiger partial charge in [-0.1, -0.05) is 15.9 Å². The number of ether oxygens (including phenoxy) is 2. The smallest absolute Gasteiger partial charge is 0.341 e. The van der Waals surface area contributed by atoms with E-state index in [2.05, 4.69) is 21.0 Å². The summed E-state index contributed by atoms with van der Waals surface area (Å²) in [6.07, 6.45) is 1.45. The van der Waals surface area contributed by atoms with Crippen LogP contribution in [0.2, 0.25) is 0 Å². The lowest BCUT2D eigenvalue weighted by atomic mass is 10.0. The highest BCUT2D eigenvalue weighted by Crippen LogP contribution is 2.27. The lowest BCUT2D eigenvalue weighted by Crippen LogP contribution is -2.15. The number of aromatic nitrogens is 2. The van der Waals surface area contributed by atoms with Gasteiger partial charge >= 0.3 is 11.9 Å². The number of ketones is 1. The van der Waals surface area contributed by atoms with E-state index in [1.165, 1.54) is 24.9 Å². The Bertz CT molecular complexity index is 1020. The summed E-state index contributed by atoms with van der Waals surface area (Å²) in [5, 5.41) is 4.13. The second kappa shape index (κ2) is 7.09. The molecule has 0 amide bonds. The fraction of sp³-hybridized carbons (Fsp3) is 0.111. The molecule has 0 bridgehead atoms. The average Bonchev–Trinajstić information content (AvgIpc) is 3.02. The van der Waals surface area contributed by atoms with Gasteiger partial charge < -0.3 is 9.47 Å². The summed E-state index contributed by atoms with van der Waals surface area (Å²) in [4.78, 5) is 37.8. The van der Waals surface area contributed by atoms with Crippen LogP contribution in [0.4, 0.5) is 0 Å². The molecule has 132 valence electrons. The van der Waals surface area contributed by atoms with E-state index in [-0.39, 0.29) is 22.3 Å². The summed E-state index contributed by atoms with van der Waals surface area (Å²) in [7, 11) is 2.37. The fourth-order valence-electron chi connectivity index (χ4n) is 2.65. The Morgan fingerprint density at radius 3 is 2.19 bits per heavy atom. The molecule has 7 nitrogen and oxygen atoms in total. The SMILES string of the molecule is COC(=O)c1c(C(=O)OC)c2cccnn2c1C(=O)c1ccc(Br)cc1. The predicted molar refractivity (Wildman–Crippen MR) is 95.4 cm³/mol. The molecule has 8 heteroatoms. The number of nitrogens with zero attached hydrogens (tertiary/aromatic N) is 2. The van der Waals surface area contributed by atoms with Gasteiger partial charge in [0.2, 0.25) is 5.78 Å². The molecule has 1 aromatic carbocycles. The highest BCUT2D eigenvalue weighted by molar-refractivity contribution is 9.10. The number of hydrogen-bond donors (Lipinski definition) is 0. The molecular formula is C18H13BrN2O5. The highest BCUT2D eigenvalue weighted by Gasteiger charge is 2.33. The highest BCUT2D eigenvalue weighted by atomic mass is 79.9. The third-order valence-corrected chi connectivity index (χ3v) is 4.33. The van der Waals surface area contributed by atoms with Crippen LogP contribution < -0.4 is 0 Å². The molecule has 0 fully saturated rings. The van der Waals surface area contributed by atoms with Crippen LogP contribution in [-0.2, 0) is 9.47 Å². The normalized spacial score (nSPS) is 10.6. The van der Waals surface area contributed by atoms with Crippen LogP contribution in [0.3, 0.4) is 0 Å². The first-order valence-electron chi connectivity index (χ1n) is 7.46. The topological polar surface area (TPSA) is 87.0 Å². The number of methoxy groups -OCH3 is 2. The number of esters is 2. The Labute approximate surface area is 156 Å². The van der Waals surface area contributed by atoms with Crippen molar-refractivity contribution < 1.29 is 23.9 Å².